The summed E-state index contributed by atoms with van der Waals surface area (Å²) in [5, 5.41) is 13.3. The lowest BCUT2D eigenvalue weighted by Crippen LogP contribution is -2.38. The van der Waals surface area contributed by atoms with E-state index in [1.54, 1.807) is 31.2 Å². The number of amides is 1. The summed E-state index contributed by atoms with van der Waals surface area (Å²) < 4.78 is 16.4. The van der Waals surface area contributed by atoms with Gasteiger partial charge in [-0.2, -0.15) is 4.98 Å². The van der Waals surface area contributed by atoms with Crippen molar-refractivity contribution >= 4 is 12.1 Å². The number of nitrogens with zero attached hydrogens (tertiary/aromatic N) is 3. The van der Waals surface area contributed by atoms with Crippen LogP contribution in [0.4, 0.5) is 4.79 Å². The molecular weight excluding hydrogens is 474 g/mol. The predicted octanol–water partition coefficient (Wildman–Crippen LogP) is 5.85. The monoisotopic (exact) mass is 509 g/mol. The van der Waals surface area contributed by atoms with E-state index in [2.05, 4.69) is 43.0 Å². The number of aliphatic carboxylic acids is 1. The molecule has 1 heterocycles. The molecule has 9 nitrogen and oxygen atoms in total. The minimum absolute atomic E-state index is 0.0608. The number of aromatic nitrogens is 2. The molecule has 0 radical (unpaired) electrons. The molecule has 198 valence electrons. The number of rotatable bonds is 10. The highest BCUT2D eigenvalue weighted by atomic mass is 16.6. The second kappa shape index (κ2) is 11.9. The van der Waals surface area contributed by atoms with Crippen molar-refractivity contribution in [3.63, 3.8) is 0 Å². The highest BCUT2D eigenvalue weighted by Crippen LogP contribution is 2.26. The lowest BCUT2D eigenvalue weighted by molar-refractivity contribution is -0.138. The Bertz CT molecular complexity index is 1180. The van der Waals surface area contributed by atoms with Crippen LogP contribution in [0.5, 0.6) is 5.75 Å². The number of benzene rings is 2. The summed E-state index contributed by atoms with van der Waals surface area (Å²) in [6.07, 6.45) is -0.662. The fourth-order valence-electron chi connectivity index (χ4n) is 3.54. The molecule has 1 amide bonds. The molecule has 0 bridgehead atoms. The van der Waals surface area contributed by atoms with Gasteiger partial charge in [0.2, 0.25) is 5.82 Å². The van der Waals surface area contributed by atoms with Crippen LogP contribution in [0.2, 0.25) is 0 Å². The van der Waals surface area contributed by atoms with E-state index in [4.69, 9.17) is 14.0 Å². The Morgan fingerprint density at radius 1 is 1.03 bits per heavy atom. The molecule has 3 rings (SSSR count). The lowest BCUT2D eigenvalue weighted by atomic mass is 9.87. The van der Waals surface area contributed by atoms with Gasteiger partial charge in [0.15, 0.2) is 6.61 Å². The summed E-state index contributed by atoms with van der Waals surface area (Å²) >= 11 is 0. The van der Waals surface area contributed by atoms with Gasteiger partial charge >= 0.3 is 12.1 Å². The smallest absolute Gasteiger partial charge is 0.410 e. The predicted molar refractivity (Wildman–Crippen MR) is 138 cm³/mol. The molecule has 0 aliphatic rings. The lowest BCUT2D eigenvalue weighted by Gasteiger charge is -2.27. The van der Waals surface area contributed by atoms with Crippen molar-refractivity contribution in [2.75, 3.05) is 13.2 Å². The molecule has 9 heteroatoms. The SMILES string of the molecule is CC(C)COC(=O)N(CC(=O)O)C(C)c1ccc(OCc2noc(-c3ccc(C(C)(C)C)cc3)n2)cc1. The zero-order valence-corrected chi connectivity index (χ0v) is 22.2. The van der Waals surface area contributed by atoms with Gasteiger partial charge in [0, 0.05) is 5.56 Å². The fraction of sp³-hybridized carbons (Fsp3) is 0.429. The van der Waals surface area contributed by atoms with Crippen molar-refractivity contribution in [1.82, 2.24) is 15.0 Å². The largest absolute Gasteiger partial charge is 0.485 e. The van der Waals surface area contributed by atoms with Gasteiger partial charge in [-0.25, -0.2) is 4.79 Å². The Balaban J connectivity index is 1.61. The van der Waals surface area contributed by atoms with Crippen LogP contribution in [-0.2, 0) is 21.6 Å². The second-order valence-corrected chi connectivity index (χ2v) is 10.4. The van der Waals surface area contributed by atoms with Crippen LogP contribution in [0, 0.1) is 5.92 Å². The van der Waals surface area contributed by atoms with Gasteiger partial charge in [-0.15, -0.1) is 0 Å². The standard InChI is InChI=1S/C28H35N3O6/c1-18(2)16-36-27(34)31(15-25(32)33)19(3)20-9-13-23(14-10-20)35-17-24-29-26(37-30-24)21-7-11-22(12-8-21)28(4,5)6/h7-14,18-19H,15-17H2,1-6H3,(H,32,33). The first-order valence-corrected chi connectivity index (χ1v) is 12.3. The number of hydrogen-bond donors (Lipinski definition) is 1. The minimum atomic E-state index is -1.11. The molecule has 0 saturated carbocycles. The summed E-state index contributed by atoms with van der Waals surface area (Å²) in [5.41, 5.74) is 2.86. The second-order valence-electron chi connectivity index (χ2n) is 10.4. The van der Waals surface area contributed by atoms with Crippen LogP contribution in [0.25, 0.3) is 11.5 Å². The average molecular weight is 510 g/mol. The van der Waals surface area contributed by atoms with Gasteiger partial charge in [0.25, 0.3) is 5.89 Å². The highest BCUT2D eigenvalue weighted by molar-refractivity contribution is 5.77. The first kappa shape index (κ1) is 27.7. The van der Waals surface area contributed by atoms with Crippen molar-refractivity contribution in [3.05, 3.63) is 65.5 Å². The van der Waals surface area contributed by atoms with E-state index >= 15 is 0 Å². The van der Waals surface area contributed by atoms with Crippen LogP contribution in [0.15, 0.2) is 53.1 Å². The van der Waals surface area contributed by atoms with E-state index < -0.39 is 24.6 Å². The Hall–Kier alpha value is -3.88. The van der Waals surface area contributed by atoms with Crippen LogP contribution in [0.1, 0.15) is 64.5 Å². The van der Waals surface area contributed by atoms with E-state index in [9.17, 15) is 14.7 Å². The highest BCUT2D eigenvalue weighted by Gasteiger charge is 2.25. The number of hydrogen-bond acceptors (Lipinski definition) is 7. The Morgan fingerprint density at radius 2 is 1.68 bits per heavy atom. The molecule has 0 aliphatic heterocycles. The number of carbonyl (C=O) groups excluding carboxylic acids is 1. The minimum Gasteiger partial charge on any atom is -0.485 e. The summed E-state index contributed by atoms with van der Waals surface area (Å²) in [6.45, 7) is 11.9. The normalized spacial score (nSPS) is 12.3. The number of carboxylic acid groups (broad SMARTS) is 1. The van der Waals surface area contributed by atoms with E-state index in [1.165, 1.54) is 10.5 Å². The maximum absolute atomic E-state index is 12.5. The van der Waals surface area contributed by atoms with Crippen molar-refractivity contribution in [2.45, 2.75) is 59.6 Å². The molecule has 1 atom stereocenters. The van der Waals surface area contributed by atoms with Crippen molar-refractivity contribution in [1.29, 1.82) is 0 Å². The van der Waals surface area contributed by atoms with Gasteiger partial charge < -0.3 is 19.1 Å². The molecule has 0 fully saturated rings. The Kier molecular flexibility index (Phi) is 8.91. The Labute approximate surface area is 217 Å². The van der Waals surface area contributed by atoms with Crippen LogP contribution in [-0.4, -0.2) is 45.4 Å². The average Bonchev–Trinajstić information content (AvgIpc) is 3.33. The van der Waals surface area contributed by atoms with E-state index in [-0.39, 0.29) is 24.5 Å². The molecule has 3 aromatic rings. The molecule has 1 unspecified atom stereocenters. The molecule has 0 aliphatic carbocycles. The maximum atomic E-state index is 12.5. The summed E-state index contributed by atoms with van der Waals surface area (Å²) in [5.74, 6) is 0.438. The fourth-order valence-corrected chi connectivity index (χ4v) is 3.54. The number of carbonyl (C=O) groups is 2. The zero-order chi connectivity index (χ0) is 27.2. The van der Waals surface area contributed by atoms with Gasteiger partial charge in [0.1, 0.15) is 12.3 Å². The van der Waals surface area contributed by atoms with E-state index in [0.29, 0.717) is 17.5 Å². The first-order chi connectivity index (χ1) is 17.4. The molecule has 2 aromatic carbocycles. The van der Waals surface area contributed by atoms with Gasteiger partial charge in [-0.3, -0.25) is 9.69 Å². The molecular formula is C28H35N3O6. The molecule has 37 heavy (non-hydrogen) atoms. The number of carboxylic acids is 1. The van der Waals surface area contributed by atoms with E-state index in [0.717, 1.165) is 11.1 Å². The summed E-state index contributed by atoms with van der Waals surface area (Å²) in [4.78, 5) is 29.4. The van der Waals surface area contributed by atoms with Crippen molar-refractivity contribution in [3.8, 4) is 17.2 Å². The Morgan fingerprint density at radius 3 is 2.24 bits per heavy atom. The summed E-state index contributed by atoms with van der Waals surface area (Å²) in [7, 11) is 0. The van der Waals surface area contributed by atoms with Gasteiger partial charge in [-0.1, -0.05) is 64.0 Å². The molecule has 1 N–H and O–H groups in total. The zero-order valence-electron chi connectivity index (χ0n) is 22.2. The van der Waals surface area contributed by atoms with Gasteiger partial charge in [-0.05, 0) is 53.6 Å². The molecule has 0 saturated heterocycles. The van der Waals surface area contributed by atoms with Gasteiger partial charge in [0.05, 0.1) is 12.6 Å². The molecule has 1 aromatic heterocycles. The van der Waals surface area contributed by atoms with Crippen LogP contribution >= 0.6 is 0 Å². The quantitative estimate of drug-likeness (QED) is 0.362. The third kappa shape index (κ3) is 7.80. The first-order valence-electron chi connectivity index (χ1n) is 12.3. The van der Waals surface area contributed by atoms with Crippen LogP contribution < -0.4 is 4.74 Å². The third-order valence-electron chi connectivity index (χ3n) is 5.74. The topological polar surface area (TPSA) is 115 Å². The number of ether oxygens (including phenoxy) is 2. The maximum Gasteiger partial charge on any atom is 0.410 e. The molecule has 0 spiro atoms. The summed E-state index contributed by atoms with van der Waals surface area (Å²) in [6, 6.07) is 14.6. The van der Waals surface area contributed by atoms with E-state index in [1.807, 2.05) is 26.0 Å². The third-order valence-corrected chi connectivity index (χ3v) is 5.74. The van der Waals surface area contributed by atoms with Crippen molar-refractivity contribution in [2.24, 2.45) is 5.92 Å². The van der Waals surface area contributed by atoms with Crippen molar-refractivity contribution < 1.29 is 28.7 Å². The van der Waals surface area contributed by atoms with Crippen LogP contribution in [0.3, 0.4) is 0 Å².